The van der Waals surface area contributed by atoms with Gasteiger partial charge in [-0.2, -0.15) is 0 Å². The molecular weight excluding hydrogens is 304 g/mol. The molecule has 120 valence electrons. The maximum atomic E-state index is 12.6. The van der Waals surface area contributed by atoms with Crippen LogP contribution in [0.25, 0.3) is 10.9 Å². The summed E-state index contributed by atoms with van der Waals surface area (Å²) in [6.45, 7) is 0.563. The summed E-state index contributed by atoms with van der Waals surface area (Å²) in [4.78, 5) is 25.9. The van der Waals surface area contributed by atoms with Crippen molar-refractivity contribution in [3.05, 3.63) is 71.9 Å². The molecule has 0 saturated carbocycles. The van der Waals surface area contributed by atoms with Crippen molar-refractivity contribution in [1.29, 1.82) is 0 Å². The lowest BCUT2D eigenvalue weighted by Gasteiger charge is -2.25. The van der Waals surface area contributed by atoms with Crippen LogP contribution in [0.2, 0.25) is 0 Å². The van der Waals surface area contributed by atoms with Crippen molar-refractivity contribution in [2.75, 3.05) is 0 Å². The predicted molar refractivity (Wildman–Crippen MR) is 89.7 cm³/mol. The first-order chi connectivity index (χ1) is 11.6. The van der Waals surface area contributed by atoms with E-state index in [2.05, 4.69) is 0 Å². The fourth-order valence-electron chi connectivity index (χ4n) is 3.32. The van der Waals surface area contributed by atoms with Crippen LogP contribution in [0, 0.1) is 0 Å². The van der Waals surface area contributed by atoms with Gasteiger partial charge < -0.3 is 14.6 Å². The number of hydrogen-bond donors (Lipinski definition) is 1. The highest BCUT2D eigenvalue weighted by atomic mass is 16.4. The SMILES string of the molecule is O=C(O)[C@H](Cn1ccc2ccccc21)N1Cc2ccccc2C1=O. The molecule has 0 bridgehead atoms. The first-order valence-corrected chi connectivity index (χ1v) is 7.81. The van der Waals surface area contributed by atoms with E-state index in [-0.39, 0.29) is 12.5 Å². The molecule has 5 heteroatoms. The van der Waals surface area contributed by atoms with Crippen LogP contribution in [0.1, 0.15) is 15.9 Å². The zero-order valence-corrected chi connectivity index (χ0v) is 12.9. The third-order valence-electron chi connectivity index (χ3n) is 4.56. The minimum absolute atomic E-state index is 0.213. The molecule has 4 rings (SSSR count). The number of carbonyl (C=O) groups is 2. The lowest BCUT2D eigenvalue weighted by molar-refractivity contribution is -0.142. The molecule has 0 fully saturated rings. The molecule has 5 nitrogen and oxygen atoms in total. The Morgan fingerprint density at radius 1 is 1.08 bits per heavy atom. The number of rotatable bonds is 4. The molecule has 0 saturated heterocycles. The minimum atomic E-state index is -0.992. The molecule has 3 aromatic rings. The summed E-state index contributed by atoms with van der Waals surface area (Å²) in [7, 11) is 0. The van der Waals surface area contributed by atoms with Gasteiger partial charge >= 0.3 is 5.97 Å². The molecule has 0 aliphatic carbocycles. The Balaban J connectivity index is 1.67. The Labute approximate surface area is 138 Å². The topological polar surface area (TPSA) is 62.5 Å². The van der Waals surface area contributed by atoms with Gasteiger partial charge in [0.25, 0.3) is 5.91 Å². The number of para-hydroxylation sites is 1. The highest BCUT2D eigenvalue weighted by Crippen LogP contribution is 2.26. The summed E-state index contributed by atoms with van der Waals surface area (Å²) in [6.07, 6.45) is 1.87. The molecule has 1 aromatic heterocycles. The van der Waals surface area contributed by atoms with Crippen molar-refractivity contribution in [2.24, 2.45) is 0 Å². The average molecular weight is 320 g/mol. The lowest BCUT2D eigenvalue weighted by Crippen LogP contribution is -2.44. The van der Waals surface area contributed by atoms with E-state index in [1.165, 1.54) is 4.90 Å². The Hall–Kier alpha value is -3.08. The van der Waals surface area contributed by atoms with Crippen molar-refractivity contribution in [3.63, 3.8) is 0 Å². The Bertz CT molecular complexity index is 944. The second kappa shape index (κ2) is 5.53. The number of benzene rings is 2. The van der Waals surface area contributed by atoms with E-state index in [9.17, 15) is 14.7 Å². The van der Waals surface area contributed by atoms with Crippen molar-refractivity contribution in [1.82, 2.24) is 9.47 Å². The number of aliphatic carboxylic acids is 1. The fraction of sp³-hybridized carbons (Fsp3) is 0.158. The zero-order valence-electron chi connectivity index (χ0n) is 12.9. The molecule has 1 N–H and O–H groups in total. The maximum Gasteiger partial charge on any atom is 0.328 e. The van der Waals surface area contributed by atoms with E-state index in [0.717, 1.165) is 16.5 Å². The van der Waals surface area contributed by atoms with Gasteiger partial charge in [0.05, 0.1) is 6.54 Å². The van der Waals surface area contributed by atoms with Gasteiger partial charge in [-0.25, -0.2) is 4.79 Å². The summed E-state index contributed by atoms with van der Waals surface area (Å²) in [5.41, 5.74) is 2.44. The quantitative estimate of drug-likeness (QED) is 0.804. The minimum Gasteiger partial charge on any atom is -0.480 e. The van der Waals surface area contributed by atoms with Crippen molar-refractivity contribution in [3.8, 4) is 0 Å². The number of nitrogens with zero attached hydrogens (tertiary/aromatic N) is 2. The van der Waals surface area contributed by atoms with Gasteiger partial charge in [-0.1, -0.05) is 36.4 Å². The molecule has 0 spiro atoms. The summed E-state index contributed by atoms with van der Waals surface area (Å²) in [6, 6.07) is 16.1. The van der Waals surface area contributed by atoms with Crippen LogP contribution in [-0.2, 0) is 17.9 Å². The Morgan fingerprint density at radius 2 is 1.83 bits per heavy atom. The second-order valence-corrected chi connectivity index (χ2v) is 5.97. The molecule has 0 unspecified atom stereocenters. The van der Waals surface area contributed by atoms with Crippen molar-refractivity contribution >= 4 is 22.8 Å². The highest BCUT2D eigenvalue weighted by Gasteiger charge is 2.36. The molecule has 1 atom stereocenters. The second-order valence-electron chi connectivity index (χ2n) is 5.97. The predicted octanol–water partition coefficient (Wildman–Crippen LogP) is 2.75. The molecule has 2 aromatic carbocycles. The van der Waals surface area contributed by atoms with Crippen molar-refractivity contribution < 1.29 is 14.7 Å². The smallest absolute Gasteiger partial charge is 0.328 e. The zero-order chi connectivity index (χ0) is 16.7. The van der Waals surface area contributed by atoms with Gasteiger partial charge in [0.1, 0.15) is 6.04 Å². The van der Waals surface area contributed by atoms with Crippen LogP contribution in [0.4, 0.5) is 0 Å². The summed E-state index contributed by atoms with van der Waals surface area (Å²) in [5, 5.41) is 10.7. The van der Waals surface area contributed by atoms with Gasteiger partial charge in [-0.05, 0) is 29.1 Å². The third kappa shape index (κ3) is 2.25. The average Bonchev–Trinajstić information content (AvgIpc) is 3.14. The lowest BCUT2D eigenvalue weighted by atomic mass is 10.1. The van der Waals surface area contributed by atoms with Gasteiger partial charge in [0.15, 0.2) is 0 Å². The molecule has 1 aliphatic rings. The number of hydrogen-bond acceptors (Lipinski definition) is 2. The van der Waals surface area contributed by atoms with Gasteiger partial charge in [-0.3, -0.25) is 4.79 Å². The number of aromatic nitrogens is 1. The van der Waals surface area contributed by atoms with E-state index in [1.807, 2.05) is 53.2 Å². The number of amides is 1. The Morgan fingerprint density at radius 3 is 2.62 bits per heavy atom. The molecule has 24 heavy (non-hydrogen) atoms. The summed E-state index contributed by atoms with van der Waals surface area (Å²) < 4.78 is 1.89. The van der Waals surface area contributed by atoms with Gasteiger partial charge in [0.2, 0.25) is 0 Å². The van der Waals surface area contributed by atoms with Crippen molar-refractivity contribution in [2.45, 2.75) is 19.1 Å². The van der Waals surface area contributed by atoms with Crippen LogP contribution in [0.3, 0.4) is 0 Å². The Kier molecular flexibility index (Phi) is 3.34. The van der Waals surface area contributed by atoms with Crippen LogP contribution in [-0.4, -0.2) is 32.5 Å². The fourth-order valence-corrected chi connectivity index (χ4v) is 3.32. The van der Waals surface area contributed by atoms with Crippen LogP contribution in [0.5, 0.6) is 0 Å². The van der Waals surface area contributed by atoms with Crippen LogP contribution >= 0.6 is 0 Å². The molecular formula is C19H16N2O3. The van der Waals surface area contributed by atoms with E-state index in [1.54, 1.807) is 12.1 Å². The first-order valence-electron chi connectivity index (χ1n) is 7.81. The number of carboxylic acid groups (broad SMARTS) is 1. The number of carbonyl (C=O) groups excluding carboxylic acids is 1. The van der Waals surface area contributed by atoms with E-state index >= 15 is 0 Å². The normalized spacial score (nSPS) is 14.8. The number of carboxylic acids is 1. The monoisotopic (exact) mass is 320 g/mol. The maximum absolute atomic E-state index is 12.6. The van der Waals surface area contributed by atoms with Crippen LogP contribution < -0.4 is 0 Å². The van der Waals surface area contributed by atoms with Crippen LogP contribution in [0.15, 0.2) is 60.8 Å². The largest absolute Gasteiger partial charge is 0.480 e. The molecule has 2 heterocycles. The number of fused-ring (bicyclic) bond motifs is 2. The van der Waals surface area contributed by atoms with Gasteiger partial charge in [0, 0.05) is 23.8 Å². The summed E-state index contributed by atoms with van der Waals surface area (Å²) in [5.74, 6) is -1.21. The molecule has 1 aliphatic heterocycles. The van der Waals surface area contributed by atoms with E-state index in [0.29, 0.717) is 12.1 Å². The standard InChI is InChI=1S/C19H16N2O3/c22-18-15-7-3-1-6-14(15)11-21(18)17(19(23)24)12-20-10-9-13-5-2-4-8-16(13)20/h1-10,17H,11-12H2,(H,23,24)/t17-/m0/s1. The first kappa shape index (κ1) is 14.5. The van der Waals surface area contributed by atoms with Gasteiger partial charge in [-0.15, -0.1) is 0 Å². The third-order valence-corrected chi connectivity index (χ3v) is 4.56. The van der Waals surface area contributed by atoms with E-state index in [4.69, 9.17) is 0 Å². The van der Waals surface area contributed by atoms with E-state index < -0.39 is 12.0 Å². The molecule has 1 amide bonds. The molecule has 0 radical (unpaired) electrons. The summed E-state index contributed by atoms with van der Waals surface area (Å²) >= 11 is 0. The highest BCUT2D eigenvalue weighted by molar-refractivity contribution is 6.00.